The van der Waals surface area contributed by atoms with Gasteiger partial charge in [-0.05, 0) is 42.9 Å². The molecule has 0 saturated carbocycles. The maximum absolute atomic E-state index is 14.6. The maximum Gasteiger partial charge on any atom is 0.429 e. The second-order valence-corrected chi connectivity index (χ2v) is 12.9. The summed E-state index contributed by atoms with van der Waals surface area (Å²) in [6.07, 6.45) is -3.59. The number of piperidine rings is 1. The molecule has 10 nitrogen and oxygen atoms in total. The number of benzene rings is 1. The first-order chi connectivity index (χ1) is 19.6. The lowest BCUT2D eigenvalue weighted by Crippen LogP contribution is -2.41. The van der Waals surface area contributed by atoms with Crippen molar-refractivity contribution in [3.8, 4) is 11.6 Å². The molecule has 2 atom stereocenters. The average molecular weight is 653 g/mol. The zero-order valence-corrected chi connectivity index (χ0v) is 25.0. The molecule has 3 aromatic rings. The van der Waals surface area contributed by atoms with E-state index in [1.165, 1.54) is 22.9 Å². The van der Waals surface area contributed by atoms with E-state index in [-0.39, 0.29) is 33.9 Å². The molecule has 42 heavy (non-hydrogen) atoms. The van der Waals surface area contributed by atoms with Gasteiger partial charge in [0.1, 0.15) is 11.9 Å². The number of halogens is 4. The molecular formula is C28H33BrF3N7O3. The molecule has 2 aliphatic heterocycles. The van der Waals surface area contributed by atoms with Crippen LogP contribution in [0.25, 0.3) is 5.69 Å². The van der Waals surface area contributed by atoms with Gasteiger partial charge in [0.25, 0.3) is 0 Å². The summed E-state index contributed by atoms with van der Waals surface area (Å²) in [5.74, 6) is -1.03. The van der Waals surface area contributed by atoms with Crippen molar-refractivity contribution in [1.29, 1.82) is 0 Å². The molecule has 2 aliphatic rings. The highest BCUT2D eigenvalue weighted by atomic mass is 79.9. The number of carboxylic acid groups (broad SMARTS) is 1. The van der Waals surface area contributed by atoms with E-state index in [0.29, 0.717) is 49.2 Å². The standard InChI is InChI=1S/C28H33BrF3N7O3/c1-26(2,3)20-6-9-39(37-20)19-12-16(29)4-5-17(19)23(28(30,31)32)42-22-13-21(35-25(33)36-22)38-10-7-27(8-11-38)14-18(24(40)41)34-15-27/h4-6,9,12-13,18,23,34H,7-8,10-11,14-15H2,1-3H3,(H,40,41)(H2,33,35,36)/t18-,23+/m0/s1. The van der Waals surface area contributed by atoms with Crippen molar-refractivity contribution in [3.05, 3.63) is 52.3 Å². The van der Waals surface area contributed by atoms with E-state index in [9.17, 15) is 23.1 Å². The number of ether oxygens (including phenoxy) is 1. The van der Waals surface area contributed by atoms with E-state index in [4.69, 9.17) is 10.5 Å². The van der Waals surface area contributed by atoms with E-state index in [0.717, 1.165) is 5.69 Å². The third-order valence-corrected chi connectivity index (χ3v) is 8.42. The number of anilines is 2. The molecule has 2 aromatic heterocycles. The van der Waals surface area contributed by atoms with E-state index in [2.05, 4.69) is 36.3 Å². The van der Waals surface area contributed by atoms with Crippen LogP contribution in [0.15, 0.2) is 41.0 Å². The van der Waals surface area contributed by atoms with Crippen LogP contribution in [0.1, 0.15) is 57.4 Å². The van der Waals surface area contributed by atoms with Gasteiger partial charge in [0.2, 0.25) is 17.9 Å². The Bertz CT molecular complexity index is 1470. The van der Waals surface area contributed by atoms with Crippen LogP contribution in [-0.4, -0.2) is 62.7 Å². The molecule has 2 saturated heterocycles. The predicted octanol–water partition coefficient (Wildman–Crippen LogP) is 5.02. The zero-order valence-electron chi connectivity index (χ0n) is 23.5. The number of aliphatic carboxylic acids is 1. The summed E-state index contributed by atoms with van der Waals surface area (Å²) in [4.78, 5) is 21.6. The molecule has 0 bridgehead atoms. The Hall–Kier alpha value is -3.39. The van der Waals surface area contributed by atoms with Crippen LogP contribution in [0, 0.1) is 5.41 Å². The van der Waals surface area contributed by atoms with Crippen LogP contribution in [0.5, 0.6) is 5.88 Å². The summed E-state index contributed by atoms with van der Waals surface area (Å²) in [7, 11) is 0. The zero-order chi connectivity index (χ0) is 30.4. The van der Waals surface area contributed by atoms with Gasteiger partial charge in [-0.25, -0.2) is 4.68 Å². The Kier molecular flexibility index (Phi) is 7.90. The van der Waals surface area contributed by atoms with Crippen LogP contribution < -0.4 is 20.7 Å². The van der Waals surface area contributed by atoms with Crippen molar-refractivity contribution in [3.63, 3.8) is 0 Å². The van der Waals surface area contributed by atoms with E-state index in [1.807, 2.05) is 25.7 Å². The van der Waals surface area contributed by atoms with Crippen LogP contribution in [0.3, 0.4) is 0 Å². The second kappa shape index (κ2) is 11.0. The molecule has 4 N–H and O–H groups in total. The minimum absolute atomic E-state index is 0.143. The number of aromatic nitrogens is 4. The minimum atomic E-state index is -4.80. The highest BCUT2D eigenvalue weighted by Crippen LogP contribution is 2.42. The van der Waals surface area contributed by atoms with Crippen LogP contribution >= 0.6 is 15.9 Å². The number of carboxylic acids is 1. The highest BCUT2D eigenvalue weighted by Gasteiger charge is 2.46. The first-order valence-corrected chi connectivity index (χ1v) is 14.4. The lowest BCUT2D eigenvalue weighted by atomic mass is 9.76. The van der Waals surface area contributed by atoms with Gasteiger partial charge in [-0.3, -0.25) is 4.79 Å². The number of carbonyl (C=O) groups is 1. The van der Waals surface area contributed by atoms with Crippen molar-refractivity contribution in [2.24, 2.45) is 5.41 Å². The summed E-state index contributed by atoms with van der Waals surface area (Å²) >= 11 is 3.36. The van der Waals surface area contributed by atoms with E-state index >= 15 is 0 Å². The molecule has 0 radical (unpaired) electrons. The van der Waals surface area contributed by atoms with Gasteiger partial charge in [-0.2, -0.15) is 28.2 Å². The monoisotopic (exact) mass is 651 g/mol. The van der Waals surface area contributed by atoms with Crippen LogP contribution in [-0.2, 0) is 10.2 Å². The Morgan fingerprint density at radius 1 is 1.19 bits per heavy atom. The third-order valence-electron chi connectivity index (χ3n) is 7.93. The normalized spacial score (nSPS) is 19.7. The number of hydrogen-bond donors (Lipinski definition) is 3. The quantitative estimate of drug-likeness (QED) is 0.336. The molecule has 5 rings (SSSR count). The molecule has 0 unspecified atom stereocenters. The number of alkyl halides is 3. The maximum atomic E-state index is 14.6. The summed E-state index contributed by atoms with van der Waals surface area (Å²) in [5, 5.41) is 17.0. The second-order valence-electron chi connectivity index (χ2n) is 12.0. The Morgan fingerprint density at radius 2 is 1.90 bits per heavy atom. The average Bonchev–Trinajstić information content (AvgIpc) is 3.56. The van der Waals surface area contributed by atoms with E-state index in [1.54, 1.807) is 18.3 Å². The third kappa shape index (κ3) is 6.33. The number of hydrogen-bond acceptors (Lipinski definition) is 8. The Balaban J connectivity index is 1.41. The van der Waals surface area contributed by atoms with Gasteiger partial charge in [-0.15, -0.1) is 0 Å². The Morgan fingerprint density at radius 3 is 2.50 bits per heavy atom. The van der Waals surface area contributed by atoms with Gasteiger partial charge in [0, 0.05) is 47.3 Å². The van der Waals surface area contributed by atoms with Gasteiger partial charge in [-0.1, -0.05) is 42.8 Å². The molecule has 14 heteroatoms. The molecule has 0 amide bonds. The first kappa shape index (κ1) is 30.1. The largest absolute Gasteiger partial charge is 0.480 e. The van der Waals surface area contributed by atoms with Gasteiger partial charge in [0.15, 0.2) is 0 Å². The van der Waals surface area contributed by atoms with E-state index < -0.39 is 24.3 Å². The fourth-order valence-corrected chi connectivity index (χ4v) is 5.91. The predicted molar refractivity (Wildman–Crippen MR) is 154 cm³/mol. The van der Waals surface area contributed by atoms with Gasteiger partial charge in [0.05, 0.1) is 11.4 Å². The SMILES string of the molecule is CC(C)(C)c1ccn(-c2cc(Br)ccc2[C@@H](Oc2cc(N3CCC4(CC3)CN[C@H](C(=O)O)C4)nc(N)n2)C(F)(F)F)n1. The van der Waals surface area contributed by atoms with Crippen molar-refractivity contribution >= 4 is 33.7 Å². The topological polar surface area (TPSA) is 131 Å². The molecule has 0 aliphatic carbocycles. The first-order valence-electron chi connectivity index (χ1n) is 13.6. The summed E-state index contributed by atoms with van der Waals surface area (Å²) in [6, 6.07) is 7.00. The number of nitrogen functional groups attached to an aromatic ring is 1. The molecule has 1 aromatic carbocycles. The molecular weight excluding hydrogens is 619 g/mol. The summed E-state index contributed by atoms with van der Waals surface area (Å²) in [6.45, 7) is 7.60. The summed E-state index contributed by atoms with van der Waals surface area (Å²) < 4.78 is 51.4. The lowest BCUT2D eigenvalue weighted by Gasteiger charge is -2.39. The number of rotatable bonds is 6. The fourth-order valence-electron chi connectivity index (χ4n) is 5.56. The van der Waals surface area contributed by atoms with Crippen molar-refractivity contribution in [2.45, 2.75) is 63.8 Å². The summed E-state index contributed by atoms with van der Waals surface area (Å²) in [5.41, 5.74) is 6.28. The van der Waals surface area contributed by atoms with Gasteiger partial charge >= 0.3 is 12.1 Å². The smallest absolute Gasteiger partial charge is 0.429 e. The number of nitrogens with zero attached hydrogens (tertiary/aromatic N) is 5. The number of nitrogens with two attached hydrogens (primary N) is 1. The Labute approximate surface area is 249 Å². The van der Waals surface area contributed by atoms with Crippen molar-refractivity contribution < 1.29 is 27.8 Å². The van der Waals surface area contributed by atoms with Crippen LogP contribution in [0.2, 0.25) is 0 Å². The molecule has 2 fully saturated rings. The molecule has 226 valence electrons. The van der Waals surface area contributed by atoms with Crippen molar-refractivity contribution in [2.75, 3.05) is 30.3 Å². The lowest BCUT2D eigenvalue weighted by molar-refractivity contribution is -0.198. The minimum Gasteiger partial charge on any atom is -0.480 e. The van der Waals surface area contributed by atoms with Crippen molar-refractivity contribution in [1.82, 2.24) is 25.1 Å². The number of nitrogens with one attached hydrogen (secondary N) is 1. The molecule has 4 heterocycles. The van der Waals surface area contributed by atoms with Gasteiger partial charge < -0.3 is 25.8 Å². The fraction of sp³-hybridized carbons (Fsp3) is 0.500. The highest BCUT2D eigenvalue weighted by molar-refractivity contribution is 9.10. The van der Waals surface area contributed by atoms with Crippen LogP contribution in [0.4, 0.5) is 24.9 Å². The molecule has 1 spiro atoms.